The van der Waals surface area contributed by atoms with Gasteiger partial charge in [-0.15, -0.1) is 0 Å². The van der Waals surface area contributed by atoms with Crippen LogP contribution in [-0.2, 0) is 0 Å². The van der Waals surface area contributed by atoms with Gasteiger partial charge in [-0.25, -0.2) is 9.97 Å². The molecule has 13 heavy (non-hydrogen) atoms. The molecule has 0 unspecified atom stereocenters. The molecule has 0 spiro atoms. The first-order chi connectivity index (χ1) is 6.45. The molecule has 0 radical (unpaired) electrons. The van der Waals surface area contributed by atoms with E-state index in [2.05, 4.69) is 34.3 Å². The maximum Gasteiger partial charge on any atom is 0.116 e. The average Bonchev–Trinajstić information content (AvgIpc) is 2.56. The molecule has 3 rings (SSSR count). The fourth-order valence-electron chi connectivity index (χ4n) is 1.81. The minimum Gasteiger partial charge on any atom is -0.244 e. The molecule has 0 aliphatic heterocycles. The van der Waals surface area contributed by atoms with Crippen LogP contribution < -0.4 is 10.6 Å². The summed E-state index contributed by atoms with van der Waals surface area (Å²) < 4.78 is 0. The highest BCUT2D eigenvalue weighted by Crippen LogP contribution is 2.21. The second-order valence-electron chi connectivity index (χ2n) is 3.20. The van der Waals surface area contributed by atoms with Gasteiger partial charge in [0.05, 0.1) is 5.35 Å². The Bertz CT molecular complexity index is 535. The molecule has 0 fully saturated rings. The zero-order valence-electron chi connectivity index (χ0n) is 7.07. The molecule has 2 heteroatoms. The molecular formula is C11H8N2. The van der Waals surface area contributed by atoms with Crippen molar-refractivity contribution in [3.05, 3.63) is 46.9 Å². The quantitative estimate of drug-likeness (QED) is 0.557. The van der Waals surface area contributed by atoms with Crippen LogP contribution in [0.25, 0.3) is 11.6 Å². The van der Waals surface area contributed by atoms with E-state index in [1.807, 2.05) is 6.20 Å². The van der Waals surface area contributed by atoms with E-state index in [1.54, 1.807) is 6.33 Å². The van der Waals surface area contributed by atoms with Gasteiger partial charge in [-0.2, -0.15) is 0 Å². The van der Waals surface area contributed by atoms with Crippen LogP contribution in [0.2, 0.25) is 0 Å². The summed E-state index contributed by atoms with van der Waals surface area (Å²) in [5.41, 5.74) is 2.65. The first kappa shape index (κ1) is 6.78. The van der Waals surface area contributed by atoms with Gasteiger partial charge in [0, 0.05) is 11.4 Å². The van der Waals surface area contributed by atoms with Crippen LogP contribution in [0, 0.1) is 0 Å². The third-order valence-electron chi connectivity index (χ3n) is 2.44. The Morgan fingerprint density at radius 2 is 2.31 bits per heavy atom. The van der Waals surface area contributed by atoms with Crippen LogP contribution in [0.15, 0.2) is 36.3 Å². The summed E-state index contributed by atoms with van der Waals surface area (Å²) in [7, 11) is 0. The molecule has 1 aromatic heterocycles. The first-order valence-electron chi connectivity index (χ1n) is 4.33. The maximum atomic E-state index is 4.23. The third kappa shape index (κ3) is 0.886. The first-order valence-corrected chi connectivity index (χ1v) is 4.33. The Kier molecular flexibility index (Phi) is 1.25. The van der Waals surface area contributed by atoms with Gasteiger partial charge < -0.3 is 0 Å². The fourth-order valence-corrected chi connectivity index (χ4v) is 1.81. The van der Waals surface area contributed by atoms with Gasteiger partial charge >= 0.3 is 0 Å². The molecule has 0 bridgehead atoms. The molecule has 0 saturated carbocycles. The Morgan fingerprint density at radius 1 is 1.31 bits per heavy atom. The van der Waals surface area contributed by atoms with E-state index in [1.165, 1.54) is 16.4 Å². The van der Waals surface area contributed by atoms with Crippen molar-refractivity contribution in [1.82, 2.24) is 9.97 Å². The molecule has 2 aliphatic rings. The summed E-state index contributed by atoms with van der Waals surface area (Å²) in [4.78, 5) is 8.27. The average molecular weight is 168 g/mol. The second-order valence-corrected chi connectivity index (χ2v) is 3.20. The number of rotatable bonds is 0. The molecule has 62 valence electrons. The summed E-state index contributed by atoms with van der Waals surface area (Å²) in [6, 6.07) is 0. The predicted molar refractivity (Wildman–Crippen MR) is 51.0 cm³/mol. The number of hydrogen-bond acceptors (Lipinski definition) is 2. The molecule has 0 aromatic carbocycles. The van der Waals surface area contributed by atoms with Crippen molar-refractivity contribution < 1.29 is 0 Å². The van der Waals surface area contributed by atoms with E-state index in [0.29, 0.717) is 0 Å². The lowest BCUT2D eigenvalue weighted by atomic mass is 10.0. The van der Waals surface area contributed by atoms with E-state index < -0.39 is 0 Å². The lowest BCUT2D eigenvalue weighted by Gasteiger charge is -2.04. The van der Waals surface area contributed by atoms with E-state index in [9.17, 15) is 0 Å². The lowest BCUT2D eigenvalue weighted by Crippen LogP contribution is -2.26. The van der Waals surface area contributed by atoms with E-state index in [4.69, 9.17) is 0 Å². The highest BCUT2D eigenvalue weighted by atomic mass is 14.8. The minimum absolute atomic E-state index is 1.00. The number of aromatic nitrogens is 2. The van der Waals surface area contributed by atoms with Crippen molar-refractivity contribution in [3.63, 3.8) is 0 Å². The normalized spacial score (nSPS) is 17.5. The molecule has 1 aromatic rings. The SMILES string of the molecule is C1=CCC2=c3cncnc3=CC2=C1. The summed E-state index contributed by atoms with van der Waals surface area (Å²) in [5, 5.41) is 2.25. The zero-order chi connectivity index (χ0) is 8.67. The molecule has 0 N–H and O–H groups in total. The van der Waals surface area contributed by atoms with Gasteiger partial charge in [0.1, 0.15) is 6.33 Å². The minimum atomic E-state index is 1.00. The Labute approximate surface area is 75.7 Å². The number of hydrogen-bond donors (Lipinski definition) is 0. The van der Waals surface area contributed by atoms with Gasteiger partial charge in [0.15, 0.2) is 0 Å². The highest BCUT2D eigenvalue weighted by Gasteiger charge is 2.11. The molecule has 1 heterocycles. The fraction of sp³-hybridized carbons (Fsp3) is 0.0909. The smallest absolute Gasteiger partial charge is 0.116 e. The van der Waals surface area contributed by atoms with Crippen molar-refractivity contribution in [3.8, 4) is 0 Å². The molecule has 0 atom stereocenters. The van der Waals surface area contributed by atoms with E-state index in [-0.39, 0.29) is 0 Å². The predicted octanol–water partition coefficient (Wildman–Crippen LogP) is 0.308. The number of fused-ring (bicyclic) bond motifs is 2. The summed E-state index contributed by atoms with van der Waals surface area (Å²) in [5.74, 6) is 0. The molecule has 0 saturated heterocycles. The lowest BCUT2D eigenvalue weighted by molar-refractivity contribution is 1.10. The van der Waals surface area contributed by atoms with Gasteiger partial charge in [-0.1, -0.05) is 18.2 Å². The van der Waals surface area contributed by atoms with Crippen molar-refractivity contribution in [2.24, 2.45) is 0 Å². The van der Waals surface area contributed by atoms with E-state index in [0.717, 1.165) is 11.8 Å². The molecule has 0 amide bonds. The van der Waals surface area contributed by atoms with Crippen LogP contribution in [-0.4, -0.2) is 9.97 Å². The summed E-state index contributed by atoms with van der Waals surface area (Å²) in [6.07, 6.45) is 13.0. The zero-order valence-corrected chi connectivity index (χ0v) is 7.07. The molecule has 2 aliphatic carbocycles. The van der Waals surface area contributed by atoms with Crippen LogP contribution in [0.1, 0.15) is 6.42 Å². The van der Waals surface area contributed by atoms with Crippen molar-refractivity contribution in [2.75, 3.05) is 0 Å². The summed E-state index contributed by atoms with van der Waals surface area (Å²) in [6.45, 7) is 0. The van der Waals surface area contributed by atoms with Crippen LogP contribution in [0.5, 0.6) is 0 Å². The van der Waals surface area contributed by atoms with Crippen molar-refractivity contribution >= 4 is 11.6 Å². The van der Waals surface area contributed by atoms with Gasteiger partial charge in [0.2, 0.25) is 0 Å². The monoisotopic (exact) mass is 168 g/mol. The van der Waals surface area contributed by atoms with Crippen LogP contribution in [0.3, 0.4) is 0 Å². The van der Waals surface area contributed by atoms with Crippen LogP contribution in [0.4, 0.5) is 0 Å². The largest absolute Gasteiger partial charge is 0.244 e. The number of nitrogens with zero attached hydrogens (tertiary/aromatic N) is 2. The second kappa shape index (κ2) is 2.39. The van der Waals surface area contributed by atoms with E-state index >= 15 is 0 Å². The topological polar surface area (TPSA) is 25.8 Å². The van der Waals surface area contributed by atoms with Crippen molar-refractivity contribution in [1.29, 1.82) is 0 Å². The Morgan fingerprint density at radius 3 is 3.31 bits per heavy atom. The van der Waals surface area contributed by atoms with Crippen LogP contribution >= 0.6 is 0 Å². The third-order valence-corrected chi connectivity index (χ3v) is 2.44. The Balaban J connectivity index is 2.46. The molecular weight excluding hydrogens is 160 g/mol. The van der Waals surface area contributed by atoms with Crippen molar-refractivity contribution in [2.45, 2.75) is 6.42 Å². The molecule has 2 nitrogen and oxygen atoms in total. The maximum absolute atomic E-state index is 4.23. The standard InChI is InChI=1S/C11H8N2/c1-2-4-9-8(3-1)5-11-10(9)6-12-7-13-11/h1-3,5-7H,4H2. The number of allylic oxidation sites excluding steroid dienone is 4. The van der Waals surface area contributed by atoms with Gasteiger partial charge in [-0.05, 0) is 23.6 Å². The summed E-state index contributed by atoms with van der Waals surface area (Å²) >= 11 is 0. The van der Waals surface area contributed by atoms with Gasteiger partial charge in [-0.3, -0.25) is 0 Å². The van der Waals surface area contributed by atoms with Gasteiger partial charge in [0.25, 0.3) is 0 Å². The Hall–Kier alpha value is -1.70. The highest BCUT2D eigenvalue weighted by molar-refractivity contribution is 5.83.